The summed E-state index contributed by atoms with van der Waals surface area (Å²) in [5, 5.41) is -0.148. The first-order chi connectivity index (χ1) is 5.66. The Morgan fingerprint density at radius 3 is 3.00 bits per heavy atom. The number of pyridine rings is 1. The van der Waals surface area contributed by atoms with E-state index in [0.29, 0.717) is 0 Å². The lowest BCUT2D eigenvalue weighted by Crippen LogP contribution is -2.07. The molecule has 0 aromatic carbocycles. The van der Waals surface area contributed by atoms with E-state index in [2.05, 4.69) is 9.72 Å². The second-order valence-electron chi connectivity index (χ2n) is 1.95. The molecule has 0 aliphatic heterocycles. The van der Waals surface area contributed by atoms with Crippen LogP contribution in [-0.2, 0) is 4.74 Å². The fraction of sp³-hybridized carbons (Fsp3) is 0.143. The van der Waals surface area contributed by atoms with E-state index < -0.39 is 17.5 Å². The number of hydrogen-bond donors (Lipinski definition) is 0. The van der Waals surface area contributed by atoms with Crippen LogP contribution >= 0.6 is 11.6 Å². The van der Waals surface area contributed by atoms with E-state index in [0.717, 1.165) is 7.11 Å². The summed E-state index contributed by atoms with van der Waals surface area (Å²) < 4.78 is 17.2. The van der Waals surface area contributed by atoms with Crippen LogP contribution in [0.15, 0.2) is 12.3 Å². The molecule has 0 spiro atoms. The minimum absolute atomic E-state index is 0.148. The summed E-state index contributed by atoms with van der Waals surface area (Å²) in [4.78, 5) is 14.3. The molecule has 0 saturated heterocycles. The molecule has 0 saturated carbocycles. The molecule has 0 amide bonds. The Bertz CT molecular complexity index is 316. The van der Waals surface area contributed by atoms with E-state index in [1.54, 1.807) is 0 Å². The summed E-state index contributed by atoms with van der Waals surface area (Å²) in [6.45, 7) is 0. The summed E-state index contributed by atoms with van der Waals surface area (Å²) in [7, 11) is 1.14. The highest BCUT2D eigenvalue weighted by Gasteiger charge is 2.15. The van der Waals surface area contributed by atoms with Gasteiger partial charge in [0.25, 0.3) is 0 Å². The highest BCUT2D eigenvalue weighted by Crippen LogP contribution is 2.15. The molecule has 5 heteroatoms. The van der Waals surface area contributed by atoms with Crippen LogP contribution in [0.4, 0.5) is 4.39 Å². The van der Waals surface area contributed by atoms with Gasteiger partial charge in [-0.15, -0.1) is 0 Å². The van der Waals surface area contributed by atoms with Gasteiger partial charge in [-0.05, 0) is 6.07 Å². The van der Waals surface area contributed by atoms with Gasteiger partial charge in [0.2, 0.25) is 0 Å². The van der Waals surface area contributed by atoms with Crippen LogP contribution in [0.25, 0.3) is 0 Å². The Kier molecular flexibility index (Phi) is 2.60. The Morgan fingerprint density at radius 2 is 2.42 bits per heavy atom. The summed E-state index contributed by atoms with van der Waals surface area (Å²) >= 11 is 5.39. The number of halogens is 2. The number of rotatable bonds is 1. The van der Waals surface area contributed by atoms with Crippen LogP contribution < -0.4 is 0 Å². The van der Waals surface area contributed by atoms with Gasteiger partial charge >= 0.3 is 5.97 Å². The average Bonchev–Trinajstić information content (AvgIpc) is 2.08. The van der Waals surface area contributed by atoms with Crippen molar-refractivity contribution in [3.05, 3.63) is 28.8 Å². The summed E-state index contributed by atoms with van der Waals surface area (Å²) in [6, 6.07) is 1.25. The van der Waals surface area contributed by atoms with Gasteiger partial charge in [0.05, 0.1) is 12.1 Å². The SMILES string of the molecule is COC(=O)c1nccc(Cl)c1F. The van der Waals surface area contributed by atoms with Crippen molar-refractivity contribution in [2.75, 3.05) is 7.11 Å². The van der Waals surface area contributed by atoms with Crippen molar-refractivity contribution >= 4 is 17.6 Å². The van der Waals surface area contributed by atoms with Gasteiger partial charge in [0.15, 0.2) is 11.5 Å². The fourth-order valence-electron chi connectivity index (χ4n) is 0.659. The largest absolute Gasteiger partial charge is 0.464 e. The van der Waals surface area contributed by atoms with Crippen molar-refractivity contribution in [2.24, 2.45) is 0 Å². The van der Waals surface area contributed by atoms with E-state index in [-0.39, 0.29) is 5.02 Å². The molecule has 1 heterocycles. The van der Waals surface area contributed by atoms with Crippen molar-refractivity contribution in [1.82, 2.24) is 4.98 Å². The minimum Gasteiger partial charge on any atom is -0.464 e. The minimum atomic E-state index is -0.856. The molecule has 0 fully saturated rings. The third-order valence-corrected chi connectivity index (χ3v) is 1.51. The number of carbonyl (C=O) groups is 1. The molecule has 1 aromatic rings. The average molecular weight is 190 g/mol. The number of nitrogens with zero attached hydrogens (tertiary/aromatic N) is 1. The molecule has 12 heavy (non-hydrogen) atoms. The normalized spacial score (nSPS) is 9.58. The molecule has 0 N–H and O–H groups in total. The monoisotopic (exact) mass is 189 g/mol. The van der Waals surface area contributed by atoms with Crippen LogP contribution in [-0.4, -0.2) is 18.1 Å². The zero-order valence-corrected chi connectivity index (χ0v) is 6.93. The zero-order valence-electron chi connectivity index (χ0n) is 6.17. The molecular formula is C7H5ClFNO2. The van der Waals surface area contributed by atoms with Crippen molar-refractivity contribution in [2.45, 2.75) is 0 Å². The maximum Gasteiger partial charge on any atom is 0.359 e. The first-order valence-electron chi connectivity index (χ1n) is 3.05. The van der Waals surface area contributed by atoms with Gasteiger partial charge in [-0.25, -0.2) is 14.2 Å². The molecule has 3 nitrogen and oxygen atoms in total. The highest BCUT2D eigenvalue weighted by atomic mass is 35.5. The second-order valence-corrected chi connectivity index (χ2v) is 2.35. The van der Waals surface area contributed by atoms with Gasteiger partial charge in [-0.1, -0.05) is 11.6 Å². The van der Waals surface area contributed by atoms with E-state index >= 15 is 0 Å². The number of methoxy groups -OCH3 is 1. The first-order valence-corrected chi connectivity index (χ1v) is 3.43. The molecule has 0 atom stereocenters. The maximum atomic E-state index is 12.9. The molecule has 0 radical (unpaired) electrons. The van der Waals surface area contributed by atoms with Crippen molar-refractivity contribution < 1.29 is 13.9 Å². The van der Waals surface area contributed by atoms with Gasteiger partial charge in [-0.3, -0.25) is 0 Å². The van der Waals surface area contributed by atoms with Gasteiger partial charge < -0.3 is 4.74 Å². The predicted octanol–water partition coefficient (Wildman–Crippen LogP) is 1.66. The van der Waals surface area contributed by atoms with Gasteiger partial charge in [0, 0.05) is 6.20 Å². The van der Waals surface area contributed by atoms with Gasteiger partial charge in [0.1, 0.15) is 0 Å². The number of aromatic nitrogens is 1. The lowest BCUT2D eigenvalue weighted by Gasteiger charge is -1.99. The van der Waals surface area contributed by atoms with Gasteiger partial charge in [-0.2, -0.15) is 0 Å². The quantitative estimate of drug-likeness (QED) is 0.631. The van der Waals surface area contributed by atoms with Crippen LogP contribution in [0.1, 0.15) is 10.5 Å². The molecule has 64 valence electrons. The molecule has 1 aromatic heterocycles. The Balaban J connectivity index is 3.16. The molecule has 0 unspecified atom stereocenters. The van der Waals surface area contributed by atoms with E-state index in [9.17, 15) is 9.18 Å². The van der Waals surface area contributed by atoms with Crippen LogP contribution in [0.5, 0.6) is 0 Å². The van der Waals surface area contributed by atoms with E-state index in [1.807, 2.05) is 0 Å². The fourth-order valence-corrected chi connectivity index (χ4v) is 0.805. The lowest BCUT2D eigenvalue weighted by molar-refractivity contribution is 0.0588. The zero-order chi connectivity index (χ0) is 9.14. The second kappa shape index (κ2) is 3.49. The van der Waals surface area contributed by atoms with Crippen LogP contribution in [0.2, 0.25) is 5.02 Å². The highest BCUT2D eigenvalue weighted by molar-refractivity contribution is 6.31. The Morgan fingerprint density at radius 1 is 1.75 bits per heavy atom. The smallest absolute Gasteiger partial charge is 0.359 e. The maximum absolute atomic E-state index is 12.9. The third kappa shape index (κ3) is 1.53. The Hall–Kier alpha value is -1.16. The first kappa shape index (κ1) is 8.93. The van der Waals surface area contributed by atoms with E-state index in [4.69, 9.17) is 11.6 Å². The topological polar surface area (TPSA) is 39.2 Å². The van der Waals surface area contributed by atoms with Crippen molar-refractivity contribution in [3.8, 4) is 0 Å². The predicted molar refractivity (Wildman–Crippen MR) is 40.5 cm³/mol. The lowest BCUT2D eigenvalue weighted by atomic mass is 10.3. The summed E-state index contributed by atoms with van der Waals surface area (Å²) in [5.74, 6) is -1.69. The summed E-state index contributed by atoms with van der Waals surface area (Å²) in [5.41, 5.74) is -0.398. The molecule has 1 rings (SSSR count). The van der Waals surface area contributed by atoms with Crippen molar-refractivity contribution in [1.29, 1.82) is 0 Å². The molecule has 0 bridgehead atoms. The summed E-state index contributed by atoms with van der Waals surface area (Å²) in [6.07, 6.45) is 1.23. The molecule has 0 aliphatic carbocycles. The van der Waals surface area contributed by atoms with E-state index in [1.165, 1.54) is 12.3 Å². The number of esters is 1. The Labute approximate surface area is 73.1 Å². The van der Waals surface area contributed by atoms with Crippen LogP contribution in [0, 0.1) is 5.82 Å². The van der Waals surface area contributed by atoms with Crippen molar-refractivity contribution in [3.63, 3.8) is 0 Å². The molecule has 0 aliphatic rings. The third-order valence-electron chi connectivity index (χ3n) is 1.22. The number of ether oxygens (including phenoxy) is 1. The number of hydrogen-bond acceptors (Lipinski definition) is 3. The molecular weight excluding hydrogens is 185 g/mol. The number of carbonyl (C=O) groups excluding carboxylic acids is 1. The standard InChI is InChI=1S/C7H5ClFNO2/c1-12-7(11)6-5(9)4(8)2-3-10-6/h2-3H,1H3. The van der Waals surface area contributed by atoms with Crippen LogP contribution in [0.3, 0.4) is 0 Å².